The Balaban J connectivity index is 2.54. The number of halogens is 5. The predicted octanol–water partition coefficient (Wildman–Crippen LogP) is 2.75. The van der Waals surface area contributed by atoms with E-state index in [2.05, 4.69) is 14.5 Å². The molecule has 1 aliphatic rings. The van der Waals surface area contributed by atoms with Crippen molar-refractivity contribution in [2.24, 2.45) is 4.99 Å². The molecule has 4 nitrogen and oxygen atoms in total. The molecule has 0 fully saturated rings. The number of carbonyl (C=O) groups excluding carboxylic acids is 1. The van der Waals surface area contributed by atoms with E-state index < -0.39 is 35.2 Å². The van der Waals surface area contributed by atoms with Crippen molar-refractivity contribution in [2.75, 3.05) is 0 Å². The van der Waals surface area contributed by atoms with Crippen molar-refractivity contribution in [3.8, 4) is 11.5 Å². The summed E-state index contributed by atoms with van der Waals surface area (Å²) in [5.41, 5.74) is -0.687. The molecule has 9 heteroatoms. The van der Waals surface area contributed by atoms with Crippen LogP contribution in [0.2, 0.25) is 0 Å². The molecule has 0 atom stereocenters. The number of aliphatic imine (C=N–C) groups is 1. The zero-order valence-electron chi connectivity index (χ0n) is 8.22. The quantitative estimate of drug-likeness (QED) is 0.446. The molecule has 0 saturated heterocycles. The Kier molecular flexibility index (Phi) is 2.51. The standard InChI is InChI=1S/C9H2F5NO3/c10-4-1-6-7(2-5(4)15-3-16)18-9(13,14)8(11,12)17-6/h1-2H. The molecular formula is C9H2F5NO3. The molecule has 0 saturated carbocycles. The molecule has 0 spiro atoms. The third-order valence-electron chi connectivity index (χ3n) is 1.99. The summed E-state index contributed by atoms with van der Waals surface area (Å²) in [7, 11) is 0. The minimum absolute atomic E-state index is 0.356. The van der Waals surface area contributed by atoms with Crippen LogP contribution in [-0.4, -0.2) is 18.3 Å². The smallest absolute Gasteiger partial charge is 0.421 e. The first-order valence-corrected chi connectivity index (χ1v) is 4.32. The van der Waals surface area contributed by atoms with Gasteiger partial charge in [0.2, 0.25) is 6.08 Å². The van der Waals surface area contributed by atoms with E-state index in [-0.39, 0.29) is 0 Å². The van der Waals surface area contributed by atoms with Crippen molar-refractivity contribution in [2.45, 2.75) is 12.2 Å². The number of hydrogen-bond acceptors (Lipinski definition) is 4. The van der Waals surface area contributed by atoms with Gasteiger partial charge in [-0.15, -0.1) is 0 Å². The lowest BCUT2D eigenvalue weighted by Crippen LogP contribution is -2.52. The second-order valence-electron chi connectivity index (χ2n) is 3.19. The van der Waals surface area contributed by atoms with Crippen molar-refractivity contribution < 1.29 is 36.2 Å². The summed E-state index contributed by atoms with van der Waals surface area (Å²) in [6, 6.07) is 0.882. The van der Waals surface area contributed by atoms with E-state index in [1.54, 1.807) is 0 Å². The molecule has 0 radical (unpaired) electrons. The van der Waals surface area contributed by atoms with E-state index in [4.69, 9.17) is 0 Å². The van der Waals surface area contributed by atoms with Gasteiger partial charge in [-0.2, -0.15) is 22.6 Å². The van der Waals surface area contributed by atoms with Crippen LogP contribution in [0.15, 0.2) is 17.1 Å². The summed E-state index contributed by atoms with van der Waals surface area (Å²) < 4.78 is 71.6. The minimum Gasteiger partial charge on any atom is -0.421 e. The topological polar surface area (TPSA) is 47.9 Å². The number of alkyl halides is 4. The van der Waals surface area contributed by atoms with Gasteiger partial charge in [-0.05, 0) is 0 Å². The second kappa shape index (κ2) is 3.67. The van der Waals surface area contributed by atoms with Gasteiger partial charge in [0, 0.05) is 12.1 Å². The zero-order valence-corrected chi connectivity index (χ0v) is 8.22. The van der Waals surface area contributed by atoms with Gasteiger partial charge in [0.05, 0.1) is 0 Å². The van der Waals surface area contributed by atoms with Crippen LogP contribution in [-0.2, 0) is 4.79 Å². The third kappa shape index (κ3) is 1.78. The maximum atomic E-state index is 13.2. The van der Waals surface area contributed by atoms with Crippen LogP contribution in [0.4, 0.5) is 27.6 Å². The Bertz CT molecular complexity index is 553. The number of nitrogens with zero attached hydrogens (tertiary/aromatic N) is 1. The van der Waals surface area contributed by atoms with Gasteiger partial charge in [0.1, 0.15) is 5.69 Å². The van der Waals surface area contributed by atoms with Gasteiger partial charge in [0.25, 0.3) is 0 Å². The normalized spacial score (nSPS) is 18.9. The van der Waals surface area contributed by atoms with Gasteiger partial charge < -0.3 is 9.47 Å². The molecule has 96 valence electrons. The number of benzene rings is 1. The van der Waals surface area contributed by atoms with Crippen molar-refractivity contribution in [3.63, 3.8) is 0 Å². The second-order valence-corrected chi connectivity index (χ2v) is 3.19. The Labute approximate surface area is 95.6 Å². The van der Waals surface area contributed by atoms with E-state index in [9.17, 15) is 26.7 Å². The zero-order chi connectivity index (χ0) is 13.6. The molecule has 0 aliphatic carbocycles. The van der Waals surface area contributed by atoms with Gasteiger partial charge in [-0.25, -0.2) is 9.18 Å². The first-order valence-electron chi connectivity index (χ1n) is 4.32. The molecule has 2 rings (SSSR count). The van der Waals surface area contributed by atoms with Crippen LogP contribution in [0.1, 0.15) is 0 Å². The molecule has 0 amide bonds. The fourth-order valence-corrected chi connectivity index (χ4v) is 1.21. The first-order chi connectivity index (χ1) is 8.27. The lowest BCUT2D eigenvalue weighted by molar-refractivity contribution is -0.391. The van der Waals surface area contributed by atoms with Crippen LogP contribution in [0.5, 0.6) is 11.5 Å². The van der Waals surface area contributed by atoms with Crippen molar-refractivity contribution in [1.82, 2.24) is 0 Å². The highest BCUT2D eigenvalue weighted by atomic mass is 19.3. The Hall–Kier alpha value is -2.15. The van der Waals surface area contributed by atoms with E-state index in [0.717, 1.165) is 6.08 Å². The molecule has 1 aromatic carbocycles. The average molecular weight is 267 g/mol. The highest BCUT2D eigenvalue weighted by molar-refractivity contribution is 5.57. The summed E-state index contributed by atoms with van der Waals surface area (Å²) in [6.45, 7) is 0. The number of isocyanates is 1. The number of rotatable bonds is 1. The molecule has 0 aromatic heterocycles. The summed E-state index contributed by atoms with van der Waals surface area (Å²) >= 11 is 0. The Morgan fingerprint density at radius 3 is 2.06 bits per heavy atom. The van der Waals surface area contributed by atoms with Crippen LogP contribution >= 0.6 is 0 Å². The van der Waals surface area contributed by atoms with Gasteiger partial charge in [-0.1, -0.05) is 0 Å². The van der Waals surface area contributed by atoms with Gasteiger partial charge in [0.15, 0.2) is 17.3 Å². The lowest BCUT2D eigenvalue weighted by atomic mass is 10.2. The fourth-order valence-electron chi connectivity index (χ4n) is 1.21. The van der Waals surface area contributed by atoms with Crippen LogP contribution in [0.25, 0.3) is 0 Å². The molecule has 1 heterocycles. The predicted molar refractivity (Wildman–Crippen MR) is 45.3 cm³/mol. The van der Waals surface area contributed by atoms with Gasteiger partial charge in [-0.3, -0.25) is 0 Å². The number of hydrogen-bond donors (Lipinski definition) is 0. The monoisotopic (exact) mass is 267 g/mol. The Morgan fingerprint density at radius 2 is 1.56 bits per heavy atom. The summed E-state index contributed by atoms with van der Waals surface area (Å²) in [5, 5.41) is 0. The molecule has 0 N–H and O–H groups in total. The largest absolute Gasteiger partial charge is 0.507 e. The van der Waals surface area contributed by atoms with E-state index in [0.29, 0.717) is 12.1 Å². The molecule has 18 heavy (non-hydrogen) atoms. The number of ether oxygens (including phenoxy) is 2. The van der Waals surface area contributed by atoms with Crippen LogP contribution in [0.3, 0.4) is 0 Å². The fraction of sp³-hybridized carbons (Fsp3) is 0.222. The van der Waals surface area contributed by atoms with Crippen molar-refractivity contribution in [1.29, 1.82) is 0 Å². The summed E-state index contributed by atoms with van der Waals surface area (Å²) in [6.07, 6.45) is -8.87. The first kappa shape index (κ1) is 12.3. The third-order valence-corrected chi connectivity index (χ3v) is 1.99. The highest BCUT2D eigenvalue weighted by Crippen LogP contribution is 2.48. The van der Waals surface area contributed by atoms with Crippen LogP contribution in [0, 0.1) is 5.82 Å². The maximum Gasteiger partial charge on any atom is 0.507 e. The summed E-state index contributed by atoms with van der Waals surface area (Å²) in [5.74, 6) is -3.00. The van der Waals surface area contributed by atoms with E-state index >= 15 is 0 Å². The Morgan fingerprint density at radius 1 is 1.06 bits per heavy atom. The molecule has 0 unspecified atom stereocenters. The van der Waals surface area contributed by atoms with E-state index in [1.807, 2.05) is 0 Å². The molecule has 1 aromatic rings. The average Bonchev–Trinajstić information content (AvgIpc) is 2.22. The van der Waals surface area contributed by atoms with Gasteiger partial charge >= 0.3 is 12.2 Å². The van der Waals surface area contributed by atoms with Crippen molar-refractivity contribution in [3.05, 3.63) is 17.9 Å². The molecule has 1 aliphatic heterocycles. The summed E-state index contributed by atoms with van der Waals surface area (Å²) in [4.78, 5) is 12.8. The SMILES string of the molecule is O=C=Nc1cc2c(cc1F)OC(F)(F)C(F)(F)O2. The highest BCUT2D eigenvalue weighted by Gasteiger charge is 2.66. The lowest BCUT2D eigenvalue weighted by Gasteiger charge is -2.31. The van der Waals surface area contributed by atoms with Crippen LogP contribution < -0.4 is 9.47 Å². The van der Waals surface area contributed by atoms with Crippen molar-refractivity contribution >= 4 is 11.8 Å². The minimum atomic E-state index is -4.93. The molecule has 0 bridgehead atoms. The van der Waals surface area contributed by atoms with E-state index in [1.165, 1.54) is 0 Å². The molecular weight excluding hydrogens is 265 g/mol. The number of fused-ring (bicyclic) bond motifs is 1. The maximum absolute atomic E-state index is 13.2.